The van der Waals surface area contributed by atoms with Crippen LogP contribution in [0.15, 0.2) is 0 Å². The van der Waals surface area contributed by atoms with Crippen LogP contribution in [0.4, 0.5) is 0 Å². The summed E-state index contributed by atoms with van der Waals surface area (Å²) in [5, 5.41) is 10.5. The van der Waals surface area contributed by atoms with E-state index in [9.17, 15) is 43.2 Å². The molecule has 5 atom stereocenters. The van der Waals surface area contributed by atoms with Gasteiger partial charge < -0.3 is 33.8 Å². The number of aliphatic hydroxyl groups excluding tert-OH is 1. The van der Waals surface area contributed by atoms with Crippen LogP contribution in [0.2, 0.25) is 0 Å². The molecule has 0 fully saturated rings. The Bertz CT molecular complexity index is 1640. The summed E-state index contributed by atoms with van der Waals surface area (Å²) < 4.78 is 67.9. The van der Waals surface area contributed by atoms with Crippen molar-refractivity contribution in [3.63, 3.8) is 0 Å². The molecule has 0 aromatic rings. The van der Waals surface area contributed by atoms with Gasteiger partial charge in [-0.2, -0.15) is 0 Å². The second-order valence-electron chi connectivity index (χ2n) is 23.9. The minimum absolute atomic E-state index is 0.105. The highest BCUT2D eigenvalue weighted by Crippen LogP contribution is 2.45. The fourth-order valence-corrected chi connectivity index (χ4v) is 11.6. The molecular weight excluding hydrogens is 1130 g/mol. The van der Waals surface area contributed by atoms with Gasteiger partial charge in [-0.15, -0.1) is 0 Å². The number of phosphoric acid groups is 2. The van der Waals surface area contributed by atoms with E-state index in [1.54, 1.807) is 0 Å². The van der Waals surface area contributed by atoms with Gasteiger partial charge in [-0.05, 0) is 25.7 Å². The molecule has 17 nitrogen and oxygen atoms in total. The van der Waals surface area contributed by atoms with Gasteiger partial charge in [0, 0.05) is 25.7 Å². The van der Waals surface area contributed by atoms with Gasteiger partial charge in [0.25, 0.3) is 0 Å². The van der Waals surface area contributed by atoms with Crippen LogP contribution in [0, 0.1) is 0 Å². The summed E-state index contributed by atoms with van der Waals surface area (Å²) in [5.41, 5.74) is 0. The monoisotopic (exact) mass is 1250 g/mol. The quantitative estimate of drug-likeness (QED) is 0.0222. The second kappa shape index (κ2) is 60.9. The number of aliphatic hydroxyl groups is 1. The Kier molecular flexibility index (Phi) is 59.6. The molecule has 0 saturated heterocycles. The van der Waals surface area contributed by atoms with E-state index in [0.29, 0.717) is 25.7 Å². The summed E-state index contributed by atoms with van der Waals surface area (Å²) in [7, 11) is -9.88. The van der Waals surface area contributed by atoms with Crippen LogP contribution in [0.5, 0.6) is 0 Å². The number of phosphoric ester groups is 2. The fourth-order valence-electron chi connectivity index (χ4n) is 9.99. The molecule has 0 amide bonds. The molecule has 0 radical (unpaired) electrons. The molecule has 504 valence electrons. The van der Waals surface area contributed by atoms with Crippen LogP contribution in [-0.2, 0) is 65.4 Å². The first kappa shape index (κ1) is 83.1. The molecule has 0 saturated carbocycles. The molecular formula is C66H128O17P2. The van der Waals surface area contributed by atoms with Gasteiger partial charge in [-0.25, -0.2) is 9.13 Å². The van der Waals surface area contributed by atoms with Crippen LogP contribution >= 0.6 is 15.6 Å². The first-order valence-corrected chi connectivity index (χ1v) is 37.8. The normalized spacial score (nSPS) is 14.1. The van der Waals surface area contributed by atoms with E-state index < -0.39 is 97.5 Å². The Morgan fingerprint density at radius 2 is 0.471 bits per heavy atom. The van der Waals surface area contributed by atoms with Crippen LogP contribution in [0.25, 0.3) is 0 Å². The molecule has 2 unspecified atom stereocenters. The molecule has 0 heterocycles. The summed E-state index contributed by atoms with van der Waals surface area (Å²) in [6.07, 6.45) is 47.3. The molecule has 0 aromatic heterocycles. The zero-order valence-electron chi connectivity index (χ0n) is 54.6. The maximum absolute atomic E-state index is 13.0. The lowest BCUT2D eigenvalue weighted by molar-refractivity contribution is -0.161. The van der Waals surface area contributed by atoms with Crippen LogP contribution in [0.3, 0.4) is 0 Å². The molecule has 3 N–H and O–H groups in total. The highest BCUT2D eigenvalue weighted by atomic mass is 31.2. The van der Waals surface area contributed by atoms with Crippen molar-refractivity contribution in [2.75, 3.05) is 39.6 Å². The summed E-state index contributed by atoms with van der Waals surface area (Å²) in [6, 6.07) is 0. The van der Waals surface area contributed by atoms with Gasteiger partial charge in [-0.1, -0.05) is 291 Å². The Morgan fingerprint density at radius 3 is 0.694 bits per heavy atom. The molecule has 0 aliphatic heterocycles. The number of carbonyl (C=O) groups is 4. The van der Waals surface area contributed by atoms with Crippen molar-refractivity contribution >= 4 is 39.5 Å². The van der Waals surface area contributed by atoms with E-state index in [0.717, 1.165) is 109 Å². The van der Waals surface area contributed by atoms with Gasteiger partial charge >= 0.3 is 39.5 Å². The van der Waals surface area contributed by atoms with Crippen molar-refractivity contribution in [2.45, 2.75) is 361 Å². The van der Waals surface area contributed by atoms with Gasteiger partial charge in [-0.3, -0.25) is 37.3 Å². The smallest absolute Gasteiger partial charge is 0.462 e. The molecule has 0 aliphatic carbocycles. The lowest BCUT2D eigenvalue weighted by Gasteiger charge is -2.21. The number of hydrogen-bond donors (Lipinski definition) is 3. The lowest BCUT2D eigenvalue weighted by Crippen LogP contribution is -2.30. The maximum atomic E-state index is 13.0. The molecule has 19 heteroatoms. The number of unbranched alkanes of at least 4 members (excludes halogenated alkanes) is 41. The predicted molar refractivity (Wildman–Crippen MR) is 340 cm³/mol. The molecule has 0 aromatic carbocycles. The van der Waals surface area contributed by atoms with E-state index in [4.69, 9.17) is 37.0 Å². The topological polar surface area (TPSA) is 237 Å². The number of rotatable bonds is 67. The lowest BCUT2D eigenvalue weighted by atomic mass is 10.0. The third kappa shape index (κ3) is 60.7. The number of esters is 4. The molecule has 85 heavy (non-hydrogen) atoms. The van der Waals surface area contributed by atoms with Crippen molar-refractivity contribution in [3.05, 3.63) is 0 Å². The van der Waals surface area contributed by atoms with Crippen molar-refractivity contribution in [1.29, 1.82) is 0 Å². The minimum atomic E-state index is -4.94. The summed E-state index contributed by atoms with van der Waals surface area (Å²) in [5.74, 6) is -2.13. The minimum Gasteiger partial charge on any atom is -0.462 e. The maximum Gasteiger partial charge on any atom is 0.472 e. The third-order valence-corrected chi connectivity index (χ3v) is 17.3. The zero-order chi connectivity index (χ0) is 62.6. The first-order chi connectivity index (χ1) is 41.2. The average molecular weight is 1260 g/mol. The van der Waals surface area contributed by atoms with E-state index in [1.165, 1.54) is 154 Å². The van der Waals surface area contributed by atoms with Crippen LogP contribution < -0.4 is 0 Å². The highest BCUT2D eigenvalue weighted by Gasteiger charge is 2.30. The third-order valence-electron chi connectivity index (χ3n) is 15.4. The van der Waals surface area contributed by atoms with Crippen molar-refractivity contribution in [1.82, 2.24) is 0 Å². The summed E-state index contributed by atoms with van der Waals surface area (Å²) >= 11 is 0. The van der Waals surface area contributed by atoms with Crippen LogP contribution in [0.1, 0.15) is 342 Å². The molecule has 0 aliphatic rings. The number of hydrogen-bond acceptors (Lipinski definition) is 15. The Labute approximate surface area is 517 Å². The van der Waals surface area contributed by atoms with E-state index >= 15 is 0 Å². The number of carbonyl (C=O) groups excluding carboxylic acids is 4. The molecule has 0 rings (SSSR count). The fraction of sp³-hybridized carbons (Fsp3) is 0.939. The summed E-state index contributed by atoms with van der Waals surface area (Å²) in [4.78, 5) is 72.1. The average Bonchev–Trinajstić information content (AvgIpc) is 3.48. The zero-order valence-corrected chi connectivity index (χ0v) is 56.4. The predicted octanol–water partition coefficient (Wildman–Crippen LogP) is 18.7. The standard InChI is InChI=1S/C66H128O17P2/c1-5-9-13-17-21-24-26-28-30-32-34-36-40-43-47-51-64(69)77-57-62(83-66(71)53-49-45-41-37-35-33-31-29-27-25-22-18-14-10-6-2)59-81-85(74,75)79-55-60(67)54-78-84(72,73)80-58-61(56-76-63(68)50-46-42-38-20-16-12-8-4)82-65(70)52-48-44-39-23-19-15-11-7-3/h60-62,67H,5-59H2,1-4H3,(H,72,73)(H,74,75)/t60-,61+,62+/m0/s1. The Hall–Kier alpha value is -1.94. The Balaban J connectivity index is 5.18. The van der Waals surface area contributed by atoms with E-state index in [1.807, 2.05) is 0 Å². The van der Waals surface area contributed by atoms with E-state index in [2.05, 4.69) is 27.7 Å². The Morgan fingerprint density at radius 1 is 0.282 bits per heavy atom. The van der Waals surface area contributed by atoms with Gasteiger partial charge in [0.2, 0.25) is 0 Å². The molecule has 0 bridgehead atoms. The van der Waals surface area contributed by atoms with Gasteiger partial charge in [0.05, 0.1) is 26.4 Å². The van der Waals surface area contributed by atoms with Crippen molar-refractivity contribution < 1.29 is 80.2 Å². The SMILES string of the molecule is CCCCCCCCCCCCCCCCCC(=O)OC[C@H](COP(=O)(O)OC[C@@H](O)COP(=O)(O)OC[C@@H](COC(=O)CCCCCCCCC)OC(=O)CCCCCCCCCC)OC(=O)CCCCCCCCCCCCCCCCC. The largest absolute Gasteiger partial charge is 0.472 e. The van der Waals surface area contributed by atoms with Gasteiger partial charge in [0.1, 0.15) is 19.3 Å². The molecule has 0 spiro atoms. The van der Waals surface area contributed by atoms with E-state index in [-0.39, 0.29) is 25.7 Å². The van der Waals surface area contributed by atoms with Gasteiger partial charge in [0.15, 0.2) is 12.2 Å². The van der Waals surface area contributed by atoms with Crippen molar-refractivity contribution in [3.8, 4) is 0 Å². The first-order valence-electron chi connectivity index (χ1n) is 34.8. The number of ether oxygens (including phenoxy) is 4. The second-order valence-corrected chi connectivity index (χ2v) is 26.8. The van der Waals surface area contributed by atoms with Crippen LogP contribution in [-0.4, -0.2) is 96.7 Å². The van der Waals surface area contributed by atoms with Crippen molar-refractivity contribution in [2.24, 2.45) is 0 Å². The highest BCUT2D eigenvalue weighted by molar-refractivity contribution is 7.47. The summed E-state index contributed by atoms with van der Waals surface area (Å²) in [6.45, 7) is 4.85.